The summed E-state index contributed by atoms with van der Waals surface area (Å²) >= 11 is 4.52. The summed E-state index contributed by atoms with van der Waals surface area (Å²) in [6, 6.07) is 13.0. The molecular formula is C19H15BrFN3O2S. The van der Waals surface area contributed by atoms with E-state index in [0.29, 0.717) is 21.3 Å². The van der Waals surface area contributed by atoms with Gasteiger partial charge in [-0.3, -0.25) is 9.59 Å². The molecule has 0 atom stereocenters. The summed E-state index contributed by atoms with van der Waals surface area (Å²) in [6.07, 6.45) is 0. The number of benzene rings is 2. The minimum atomic E-state index is -0.371. The molecule has 0 radical (unpaired) electrons. The van der Waals surface area contributed by atoms with Crippen molar-refractivity contribution in [2.24, 2.45) is 0 Å². The average Bonchev–Trinajstić information content (AvgIpc) is 3.04. The van der Waals surface area contributed by atoms with E-state index in [1.165, 1.54) is 23.5 Å². The van der Waals surface area contributed by atoms with Crippen LogP contribution in [0.25, 0.3) is 10.6 Å². The van der Waals surface area contributed by atoms with Crippen LogP contribution in [-0.4, -0.2) is 23.3 Å². The third kappa shape index (κ3) is 4.99. The van der Waals surface area contributed by atoms with Gasteiger partial charge in [0, 0.05) is 15.7 Å². The highest BCUT2D eigenvalue weighted by atomic mass is 79.9. The molecule has 5 nitrogen and oxygen atoms in total. The first-order valence-corrected chi connectivity index (χ1v) is 9.60. The lowest BCUT2D eigenvalue weighted by atomic mass is 10.2. The first-order chi connectivity index (χ1) is 12.9. The van der Waals surface area contributed by atoms with Crippen LogP contribution in [0.4, 0.5) is 10.1 Å². The van der Waals surface area contributed by atoms with Gasteiger partial charge in [-0.2, -0.15) is 0 Å². The Bertz CT molecular complexity index is 972. The van der Waals surface area contributed by atoms with E-state index in [0.717, 1.165) is 10.0 Å². The van der Waals surface area contributed by atoms with Crippen molar-refractivity contribution in [3.63, 3.8) is 0 Å². The highest BCUT2D eigenvalue weighted by molar-refractivity contribution is 9.10. The number of nitrogens with one attached hydrogen (secondary N) is 2. The summed E-state index contributed by atoms with van der Waals surface area (Å²) in [5, 5.41) is 5.92. The number of aryl methyl sites for hydroxylation is 1. The van der Waals surface area contributed by atoms with Crippen molar-refractivity contribution in [3.05, 3.63) is 69.4 Å². The molecule has 0 saturated heterocycles. The van der Waals surface area contributed by atoms with Crippen LogP contribution in [0.1, 0.15) is 15.4 Å². The van der Waals surface area contributed by atoms with E-state index in [2.05, 4.69) is 31.5 Å². The molecule has 0 fully saturated rings. The Morgan fingerprint density at radius 2 is 1.78 bits per heavy atom. The van der Waals surface area contributed by atoms with Gasteiger partial charge >= 0.3 is 0 Å². The number of hydrogen-bond acceptors (Lipinski definition) is 4. The van der Waals surface area contributed by atoms with Crippen LogP contribution in [0.3, 0.4) is 0 Å². The summed E-state index contributed by atoms with van der Waals surface area (Å²) in [6.45, 7) is 1.57. The van der Waals surface area contributed by atoms with Gasteiger partial charge in [-0.05, 0) is 55.5 Å². The lowest BCUT2D eigenvalue weighted by Crippen LogP contribution is -2.32. The van der Waals surface area contributed by atoms with Crippen molar-refractivity contribution in [1.29, 1.82) is 0 Å². The number of thiazole rings is 1. The molecule has 27 heavy (non-hydrogen) atoms. The molecule has 0 bridgehead atoms. The van der Waals surface area contributed by atoms with Gasteiger partial charge in [0.25, 0.3) is 5.91 Å². The van der Waals surface area contributed by atoms with E-state index in [1.54, 1.807) is 31.2 Å². The fourth-order valence-electron chi connectivity index (χ4n) is 2.30. The molecule has 1 heterocycles. The molecule has 8 heteroatoms. The molecule has 1 aromatic heterocycles. The van der Waals surface area contributed by atoms with Gasteiger partial charge in [0.05, 0.1) is 12.2 Å². The maximum atomic E-state index is 13.0. The van der Waals surface area contributed by atoms with Crippen molar-refractivity contribution >= 4 is 44.8 Å². The van der Waals surface area contributed by atoms with E-state index in [9.17, 15) is 14.0 Å². The molecule has 138 valence electrons. The second-order valence-corrected chi connectivity index (χ2v) is 7.59. The number of hydrogen-bond donors (Lipinski definition) is 2. The number of amides is 2. The summed E-state index contributed by atoms with van der Waals surface area (Å²) < 4.78 is 14.0. The van der Waals surface area contributed by atoms with E-state index in [-0.39, 0.29) is 24.2 Å². The van der Waals surface area contributed by atoms with Crippen LogP contribution >= 0.6 is 27.3 Å². The van der Waals surface area contributed by atoms with Gasteiger partial charge < -0.3 is 10.6 Å². The minimum Gasteiger partial charge on any atom is -0.342 e. The molecule has 3 aromatic rings. The normalized spacial score (nSPS) is 10.5. The first-order valence-electron chi connectivity index (χ1n) is 7.99. The number of nitrogens with zero attached hydrogens (tertiary/aromatic N) is 1. The largest absolute Gasteiger partial charge is 0.342 e. The van der Waals surface area contributed by atoms with E-state index < -0.39 is 0 Å². The maximum Gasteiger partial charge on any atom is 0.263 e. The molecule has 0 spiro atoms. The smallest absolute Gasteiger partial charge is 0.263 e. The van der Waals surface area contributed by atoms with Crippen molar-refractivity contribution in [2.75, 3.05) is 11.9 Å². The van der Waals surface area contributed by atoms with E-state index in [1.807, 2.05) is 12.1 Å². The van der Waals surface area contributed by atoms with Crippen LogP contribution in [0, 0.1) is 12.7 Å². The van der Waals surface area contributed by atoms with Crippen molar-refractivity contribution in [2.45, 2.75) is 6.92 Å². The number of aromatic nitrogens is 1. The predicted octanol–water partition coefficient (Wildman–Crippen LogP) is 4.39. The average molecular weight is 448 g/mol. The van der Waals surface area contributed by atoms with Gasteiger partial charge in [0.2, 0.25) is 5.91 Å². The summed E-state index contributed by atoms with van der Waals surface area (Å²) in [7, 11) is 0. The fourth-order valence-corrected chi connectivity index (χ4v) is 3.55. The Morgan fingerprint density at radius 3 is 2.44 bits per heavy atom. The molecule has 0 saturated carbocycles. The molecule has 0 unspecified atom stereocenters. The van der Waals surface area contributed by atoms with Gasteiger partial charge in [-0.15, -0.1) is 11.3 Å². The number of carbonyl (C=O) groups excluding carboxylic acids is 2. The summed E-state index contributed by atoms with van der Waals surface area (Å²) in [5.74, 6) is -1.03. The highest BCUT2D eigenvalue weighted by Gasteiger charge is 2.17. The van der Waals surface area contributed by atoms with Gasteiger partial charge in [-0.1, -0.05) is 15.9 Å². The van der Waals surface area contributed by atoms with E-state index >= 15 is 0 Å². The zero-order valence-corrected chi connectivity index (χ0v) is 16.7. The SMILES string of the molecule is Cc1nc(-c2ccc(F)cc2)sc1C(=O)NCC(=O)Nc1ccc(Br)cc1. The molecule has 2 N–H and O–H groups in total. The van der Waals surface area contributed by atoms with Gasteiger partial charge in [-0.25, -0.2) is 9.37 Å². The molecule has 3 rings (SSSR count). The Morgan fingerprint density at radius 1 is 1.11 bits per heavy atom. The Hall–Kier alpha value is -2.58. The van der Waals surface area contributed by atoms with Crippen molar-refractivity contribution in [3.8, 4) is 10.6 Å². The molecule has 0 aliphatic rings. The number of anilines is 1. The minimum absolute atomic E-state index is 0.155. The third-order valence-corrected chi connectivity index (χ3v) is 5.37. The molecule has 2 amide bonds. The Balaban J connectivity index is 1.61. The van der Waals surface area contributed by atoms with Gasteiger partial charge in [0.1, 0.15) is 15.7 Å². The Labute approximate surface area is 167 Å². The number of carbonyl (C=O) groups is 2. The number of rotatable bonds is 5. The molecule has 2 aromatic carbocycles. The van der Waals surface area contributed by atoms with Crippen molar-refractivity contribution < 1.29 is 14.0 Å². The second-order valence-electron chi connectivity index (χ2n) is 5.68. The predicted molar refractivity (Wildman–Crippen MR) is 107 cm³/mol. The van der Waals surface area contributed by atoms with Crippen LogP contribution in [0.2, 0.25) is 0 Å². The van der Waals surface area contributed by atoms with Crippen LogP contribution in [0.15, 0.2) is 53.0 Å². The zero-order valence-electron chi connectivity index (χ0n) is 14.3. The van der Waals surface area contributed by atoms with Crippen molar-refractivity contribution in [1.82, 2.24) is 10.3 Å². The fraction of sp³-hybridized carbons (Fsp3) is 0.105. The van der Waals surface area contributed by atoms with E-state index in [4.69, 9.17) is 0 Å². The quantitative estimate of drug-likeness (QED) is 0.609. The lowest BCUT2D eigenvalue weighted by Gasteiger charge is -2.06. The van der Waals surface area contributed by atoms with Gasteiger partial charge in [0.15, 0.2) is 0 Å². The maximum absolute atomic E-state index is 13.0. The summed E-state index contributed by atoms with van der Waals surface area (Å²) in [4.78, 5) is 29.2. The molecule has 0 aliphatic carbocycles. The number of halogens is 2. The molecule has 0 aliphatic heterocycles. The Kier molecular flexibility index (Phi) is 5.98. The molecular weight excluding hydrogens is 433 g/mol. The monoisotopic (exact) mass is 447 g/mol. The second kappa shape index (κ2) is 8.41. The van der Waals surface area contributed by atoms with Crippen LogP contribution in [0.5, 0.6) is 0 Å². The third-order valence-electron chi connectivity index (χ3n) is 3.63. The summed E-state index contributed by atoms with van der Waals surface area (Å²) in [5.41, 5.74) is 1.94. The van der Waals surface area contributed by atoms with Crippen LogP contribution in [-0.2, 0) is 4.79 Å². The standard InChI is InChI=1S/C19H15BrFN3O2S/c1-11-17(27-19(23-11)12-2-6-14(21)7-3-12)18(26)22-10-16(25)24-15-8-4-13(20)5-9-15/h2-9H,10H2,1H3,(H,22,26)(H,24,25). The highest BCUT2D eigenvalue weighted by Crippen LogP contribution is 2.28. The first kappa shape index (κ1) is 19.2. The lowest BCUT2D eigenvalue weighted by molar-refractivity contribution is -0.115. The van der Waals surface area contributed by atoms with Crippen LogP contribution < -0.4 is 10.6 Å². The zero-order chi connectivity index (χ0) is 19.4. The topological polar surface area (TPSA) is 71.1 Å².